The molecule has 3 heterocycles. The highest BCUT2D eigenvalue weighted by atomic mass is 16.5. The highest BCUT2D eigenvalue weighted by Crippen LogP contribution is 2.45. The number of fused-ring (bicyclic) bond motifs is 2. The number of methoxy groups -OCH3 is 1. The number of esters is 1. The molecule has 1 N–H and O–H groups in total. The number of carboxylic acid groups (broad SMARTS) is 1. The molecule has 2 bridgehead atoms. The highest BCUT2D eigenvalue weighted by Gasteiger charge is 2.57. The summed E-state index contributed by atoms with van der Waals surface area (Å²) in [6.07, 6.45) is 1.99. The topological polar surface area (TPSA) is 93.1 Å². The molecule has 0 spiro atoms. The highest BCUT2D eigenvalue weighted by molar-refractivity contribution is 5.90. The zero-order valence-corrected chi connectivity index (χ0v) is 11.9. The Labute approximate surface area is 122 Å². The van der Waals surface area contributed by atoms with Crippen molar-refractivity contribution in [2.75, 3.05) is 13.7 Å². The third kappa shape index (κ3) is 2.19. The Bertz CT molecular complexity index is 478. The van der Waals surface area contributed by atoms with Crippen LogP contribution in [0.15, 0.2) is 0 Å². The van der Waals surface area contributed by atoms with Crippen LogP contribution in [0.2, 0.25) is 0 Å². The minimum absolute atomic E-state index is 0.275. The first-order valence-corrected chi connectivity index (χ1v) is 7.31. The average molecular weight is 297 g/mol. The van der Waals surface area contributed by atoms with Gasteiger partial charge in [-0.3, -0.25) is 9.59 Å². The van der Waals surface area contributed by atoms with E-state index >= 15 is 0 Å². The first-order chi connectivity index (χ1) is 10.0. The van der Waals surface area contributed by atoms with E-state index in [9.17, 15) is 19.5 Å². The van der Waals surface area contributed by atoms with Gasteiger partial charge < -0.3 is 19.5 Å². The Morgan fingerprint density at radius 1 is 1.14 bits per heavy atom. The summed E-state index contributed by atoms with van der Waals surface area (Å²) in [6.45, 7) is 0.471. The van der Waals surface area contributed by atoms with Crippen LogP contribution in [0.3, 0.4) is 0 Å². The number of carbonyl (C=O) groups is 3. The zero-order chi connectivity index (χ0) is 15.1. The van der Waals surface area contributed by atoms with Crippen molar-refractivity contribution in [3.63, 3.8) is 0 Å². The second-order valence-electron chi connectivity index (χ2n) is 5.89. The summed E-state index contributed by atoms with van der Waals surface area (Å²) in [5.74, 6) is -3.17. The number of ether oxygens (including phenoxy) is 2. The minimum Gasteiger partial charge on any atom is -0.481 e. The standard InChI is InChI=1S/C14H19NO6/c1-20-14(19)7-3-2-6-15(7)12(16)10-8-4-5-9(21-8)11(10)13(17)18/h7-11H,2-6H2,1H3,(H,17,18)/t7-,8+,9-,10+,11-/m0/s1. The second-order valence-corrected chi connectivity index (χ2v) is 5.89. The zero-order valence-electron chi connectivity index (χ0n) is 11.9. The van der Waals surface area contributed by atoms with Gasteiger partial charge >= 0.3 is 11.9 Å². The van der Waals surface area contributed by atoms with Crippen LogP contribution in [-0.2, 0) is 23.9 Å². The first-order valence-electron chi connectivity index (χ1n) is 7.31. The van der Waals surface area contributed by atoms with Crippen molar-refractivity contribution < 1.29 is 29.0 Å². The molecule has 3 rings (SSSR count). The lowest BCUT2D eigenvalue weighted by Gasteiger charge is -2.30. The molecule has 7 heteroatoms. The predicted molar refractivity (Wildman–Crippen MR) is 69.3 cm³/mol. The van der Waals surface area contributed by atoms with Crippen LogP contribution in [-0.4, -0.2) is 59.8 Å². The van der Waals surface area contributed by atoms with Crippen LogP contribution in [0.4, 0.5) is 0 Å². The summed E-state index contributed by atoms with van der Waals surface area (Å²) in [5.41, 5.74) is 0. The molecule has 21 heavy (non-hydrogen) atoms. The molecule has 5 atom stereocenters. The van der Waals surface area contributed by atoms with Gasteiger partial charge in [-0.25, -0.2) is 4.79 Å². The number of amides is 1. The maximum atomic E-state index is 12.8. The summed E-state index contributed by atoms with van der Waals surface area (Å²) >= 11 is 0. The van der Waals surface area contributed by atoms with E-state index in [4.69, 9.17) is 9.47 Å². The summed E-state index contributed by atoms with van der Waals surface area (Å²) in [4.78, 5) is 37.4. The molecule has 0 saturated carbocycles. The normalized spacial score (nSPS) is 37.8. The van der Waals surface area contributed by atoms with E-state index in [2.05, 4.69) is 0 Å². The minimum atomic E-state index is -0.991. The molecule has 0 aromatic carbocycles. The van der Waals surface area contributed by atoms with Gasteiger partial charge in [0, 0.05) is 6.54 Å². The van der Waals surface area contributed by atoms with E-state index in [0.29, 0.717) is 25.8 Å². The summed E-state index contributed by atoms with van der Waals surface area (Å²) < 4.78 is 10.4. The van der Waals surface area contributed by atoms with E-state index in [0.717, 1.165) is 6.42 Å². The third-order valence-electron chi connectivity index (χ3n) is 4.85. The molecule has 0 aliphatic carbocycles. The van der Waals surface area contributed by atoms with Crippen LogP contribution in [0, 0.1) is 11.8 Å². The fraction of sp³-hybridized carbons (Fsp3) is 0.786. The van der Waals surface area contributed by atoms with E-state index in [1.807, 2.05) is 0 Å². The van der Waals surface area contributed by atoms with Crippen LogP contribution in [0.25, 0.3) is 0 Å². The third-order valence-corrected chi connectivity index (χ3v) is 4.85. The quantitative estimate of drug-likeness (QED) is 0.739. The molecule has 0 aromatic heterocycles. The molecule has 7 nitrogen and oxygen atoms in total. The Hall–Kier alpha value is -1.63. The monoisotopic (exact) mass is 297 g/mol. The molecule has 116 valence electrons. The van der Waals surface area contributed by atoms with Crippen molar-refractivity contribution in [1.82, 2.24) is 4.90 Å². The fourth-order valence-electron chi connectivity index (χ4n) is 3.91. The molecule has 0 aromatic rings. The van der Waals surface area contributed by atoms with Crippen molar-refractivity contribution in [2.24, 2.45) is 11.8 Å². The molecule has 0 unspecified atom stereocenters. The molecular formula is C14H19NO6. The van der Waals surface area contributed by atoms with Crippen LogP contribution >= 0.6 is 0 Å². The van der Waals surface area contributed by atoms with Crippen molar-refractivity contribution in [2.45, 2.75) is 43.9 Å². The second kappa shape index (κ2) is 5.29. The van der Waals surface area contributed by atoms with Gasteiger partial charge in [0.1, 0.15) is 6.04 Å². The lowest BCUT2D eigenvalue weighted by atomic mass is 9.78. The van der Waals surface area contributed by atoms with E-state index in [1.165, 1.54) is 12.0 Å². The average Bonchev–Trinajstić information content (AvgIpc) is 3.18. The summed E-state index contributed by atoms with van der Waals surface area (Å²) in [6, 6.07) is -0.587. The Kier molecular flexibility index (Phi) is 3.61. The van der Waals surface area contributed by atoms with E-state index in [-0.39, 0.29) is 18.1 Å². The molecule has 3 fully saturated rings. The van der Waals surface area contributed by atoms with Gasteiger partial charge in [-0.1, -0.05) is 0 Å². The maximum absolute atomic E-state index is 12.8. The van der Waals surface area contributed by atoms with Gasteiger partial charge in [0.05, 0.1) is 31.2 Å². The number of hydrogen-bond donors (Lipinski definition) is 1. The van der Waals surface area contributed by atoms with Gasteiger partial charge in [0.25, 0.3) is 0 Å². The molecule has 1 amide bonds. The Balaban J connectivity index is 1.81. The smallest absolute Gasteiger partial charge is 0.328 e. The number of rotatable bonds is 3. The number of aliphatic carboxylic acids is 1. The number of hydrogen-bond acceptors (Lipinski definition) is 5. The van der Waals surface area contributed by atoms with E-state index in [1.54, 1.807) is 0 Å². The van der Waals surface area contributed by atoms with Crippen LogP contribution in [0.5, 0.6) is 0 Å². The maximum Gasteiger partial charge on any atom is 0.328 e. The number of likely N-dealkylation sites (tertiary alicyclic amines) is 1. The fourth-order valence-corrected chi connectivity index (χ4v) is 3.91. The molecule has 0 radical (unpaired) electrons. The van der Waals surface area contributed by atoms with Gasteiger partial charge in [0.2, 0.25) is 5.91 Å². The number of carboxylic acids is 1. The molecule has 3 aliphatic rings. The van der Waals surface area contributed by atoms with Gasteiger partial charge in [-0.2, -0.15) is 0 Å². The van der Waals surface area contributed by atoms with Gasteiger partial charge in [-0.05, 0) is 25.7 Å². The van der Waals surface area contributed by atoms with Crippen LogP contribution < -0.4 is 0 Å². The Morgan fingerprint density at radius 2 is 1.81 bits per heavy atom. The first kappa shape index (κ1) is 14.3. The van der Waals surface area contributed by atoms with Crippen LogP contribution in [0.1, 0.15) is 25.7 Å². The van der Waals surface area contributed by atoms with Crippen molar-refractivity contribution in [3.8, 4) is 0 Å². The predicted octanol–water partition coefficient (Wildman–Crippen LogP) is 0.0286. The largest absolute Gasteiger partial charge is 0.481 e. The molecule has 3 saturated heterocycles. The lowest BCUT2D eigenvalue weighted by Crippen LogP contribution is -2.49. The Morgan fingerprint density at radius 3 is 2.43 bits per heavy atom. The molecule has 3 aliphatic heterocycles. The van der Waals surface area contributed by atoms with Crippen molar-refractivity contribution >= 4 is 17.8 Å². The summed E-state index contributed by atoms with van der Waals surface area (Å²) in [7, 11) is 1.30. The SMILES string of the molecule is COC(=O)[C@@H]1CCCN1C(=O)[C@H]1[C@@H](C(=O)O)[C@@H]2CC[C@H]1O2. The summed E-state index contributed by atoms with van der Waals surface area (Å²) in [5, 5.41) is 9.38. The van der Waals surface area contributed by atoms with Crippen molar-refractivity contribution in [3.05, 3.63) is 0 Å². The number of nitrogens with zero attached hydrogens (tertiary/aromatic N) is 1. The van der Waals surface area contributed by atoms with Crippen molar-refractivity contribution in [1.29, 1.82) is 0 Å². The lowest BCUT2D eigenvalue weighted by molar-refractivity contribution is -0.156. The number of carbonyl (C=O) groups excluding carboxylic acids is 2. The van der Waals surface area contributed by atoms with Gasteiger partial charge in [0.15, 0.2) is 0 Å². The van der Waals surface area contributed by atoms with E-state index < -0.39 is 29.8 Å². The van der Waals surface area contributed by atoms with Gasteiger partial charge in [-0.15, -0.1) is 0 Å². The molecular weight excluding hydrogens is 278 g/mol.